The van der Waals surface area contributed by atoms with Crippen molar-refractivity contribution >= 4 is 5.78 Å². The van der Waals surface area contributed by atoms with E-state index < -0.39 is 5.41 Å². The van der Waals surface area contributed by atoms with E-state index in [1.54, 1.807) is 0 Å². The van der Waals surface area contributed by atoms with Gasteiger partial charge in [0.15, 0.2) is 5.78 Å². The number of hydrogen-bond donors (Lipinski definition) is 0. The Hall–Kier alpha value is -0.840. The van der Waals surface area contributed by atoms with Gasteiger partial charge in [0.1, 0.15) is 5.41 Å². The Morgan fingerprint density at radius 1 is 1.57 bits per heavy atom. The molecule has 0 amide bonds. The second kappa shape index (κ2) is 4.13. The van der Waals surface area contributed by atoms with Crippen LogP contribution in [0.2, 0.25) is 0 Å². The van der Waals surface area contributed by atoms with Gasteiger partial charge in [0, 0.05) is 6.42 Å². The van der Waals surface area contributed by atoms with Gasteiger partial charge in [0.05, 0.1) is 6.07 Å². The van der Waals surface area contributed by atoms with Crippen LogP contribution in [0.3, 0.4) is 0 Å². The summed E-state index contributed by atoms with van der Waals surface area (Å²) in [7, 11) is 0. The van der Waals surface area contributed by atoms with Crippen LogP contribution >= 0.6 is 0 Å². The first-order valence-electron chi connectivity index (χ1n) is 5.53. The van der Waals surface area contributed by atoms with Crippen molar-refractivity contribution in [2.45, 2.75) is 46.5 Å². The van der Waals surface area contributed by atoms with E-state index in [1.807, 2.05) is 0 Å². The minimum atomic E-state index is -0.657. The summed E-state index contributed by atoms with van der Waals surface area (Å²) in [5.41, 5.74) is -0.657. The summed E-state index contributed by atoms with van der Waals surface area (Å²) in [5, 5.41) is 9.23. The molecule has 0 aromatic heterocycles. The highest BCUT2D eigenvalue weighted by molar-refractivity contribution is 5.89. The molecule has 1 aliphatic rings. The van der Waals surface area contributed by atoms with Crippen molar-refractivity contribution in [1.29, 1.82) is 5.26 Å². The highest BCUT2D eigenvalue weighted by Crippen LogP contribution is 2.44. The van der Waals surface area contributed by atoms with E-state index in [9.17, 15) is 10.1 Å². The number of carbonyl (C=O) groups is 1. The molecule has 1 rings (SSSR count). The molecule has 1 aliphatic carbocycles. The molecule has 0 radical (unpaired) electrons. The van der Waals surface area contributed by atoms with Crippen molar-refractivity contribution in [2.24, 2.45) is 17.3 Å². The van der Waals surface area contributed by atoms with Gasteiger partial charge in [-0.25, -0.2) is 0 Å². The molecule has 1 fully saturated rings. The van der Waals surface area contributed by atoms with E-state index in [0.29, 0.717) is 12.3 Å². The van der Waals surface area contributed by atoms with E-state index >= 15 is 0 Å². The number of ketones is 1. The molecule has 0 aliphatic heterocycles. The van der Waals surface area contributed by atoms with Crippen LogP contribution in [0.15, 0.2) is 0 Å². The summed E-state index contributed by atoms with van der Waals surface area (Å²) in [6.07, 6.45) is 3.31. The third-order valence-electron chi connectivity index (χ3n) is 3.95. The fraction of sp³-hybridized carbons (Fsp3) is 0.833. The van der Waals surface area contributed by atoms with Crippen molar-refractivity contribution in [1.82, 2.24) is 0 Å². The maximum absolute atomic E-state index is 11.8. The molecule has 0 heterocycles. The summed E-state index contributed by atoms with van der Waals surface area (Å²) < 4.78 is 0. The van der Waals surface area contributed by atoms with Gasteiger partial charge >= 0.3 is 0 Å². The second-order valence-electron chi connectivity index (χ2n) is 4.53. The van der Waals surface area contributed by atoms with Gasteiger partial charge in [-0.2, -0.15) is 5.26 Å². The maximum atomic E-state index is 11.8. The molecule has 14 heavy (non-hydrogen) atoms. The number of rotatable bonds is 3. The molecule has 0 saturated heterocycles. The van der Waals surface area contributed by atoms with Crippen LogP contribution in [0.1, 0.15) is 46.5 Å². The van der Waals surface area contributed by atoms with E-state index in [1.165, 1.54) is 0 Å². The van der Waals surface area contributed by atoms with Crippen molar-refractivity contribution < 1.29 is 4.79 Å². The quantitative estimate of drug-likeness (QED) is 0.691. The lowest BCUT2D eigenvalue weighted by Crippen LogP contribution is -2.35. The van der Waals surface area contributed by atoms with Gasteiger partial charge in [0.2, 0.25) is 0 Å². The molecular formula is C12H19NO. The Labute approximate surface area is 86.3 Å². The van der Waals surface area contributed by atoms with E-state index in [-0.39, 0.29) is 11.7 Å². The first kappa shape index (κ1) is 11.2. The molecule has 78 valence electrons. The number of nitrogens with zero attached hydrogens (tertiary/aromatic N) is 1. The predicted molar refractivity (Wildman–Crippen MR) is 55.5 cm³/mol. The van der Waals surface area contributed by atoms with Gasteiger partial charge in [-0.3, -0.25) is 4.79 Å². The SMILES string of the molecule is CCC(C)C(C)C1(C#N)CCCC1=O. The Bertz CT molecular complexity index is 266. The Morgan fingerprint density at radius 2 is 2.21 bits per heavy atom. The maximum Gasteiger partial charge on any atom is 0.153 e. The third kappa shape index (κ3) is 1.56. The minimum absolute atomic E-state index is 0.174. The van der Waals surface area contributed by atoms with Crippen LogP contribution in [0.25, 0.3) is 0 Å². The number of carbonyl (C=O) groups excluding carboxylic acids is 1. The van der Waals surface area contributed by atoms with E-state index in [4.69, 9.17) is 0 Å². The number of Topliss-reactive ketones (excluding diaryl/α,β-unsaturated/α-hetero) is 1. The van der Waals surface area contributed by atoms with Crippen molar-refractivity contribution in [2.75, 3.05) is 0 Å². The van der Waals surface area contributed by atoms with E-state index in [0.717, 1.165) is 19.3 Å². The minimum Gasteiger partial charge on any atom is -0.298 e. The largest absolute Gasteiger partial charge is 0.298 e. The first-order valence-corrected chi connectivity index (χ1v) is 5.53. The van der Waals surface area contributed by atoms with Gasteiger partial charge < -0.3 is 0 Å². The fourth-order valence-corrected chi connectivity index (χ4v) is 2.43. The standard InChI is InChI=1S/C12H19NO/c1-4-9(2)10(3)12(8-13)7-5-6-11(12)14/h9-10H,4-7H2,1-3H3. The number of nitriles is 1. The van der Waals surface area contributed by atoms with Gasteiger partial charge in [-0.05, 0) is 24.7 Å². The van der Waals surface area contributed by atoms with Crippen molar-refractivity contribution in [3.05, 3.63) is 0 Å². The molecular weight excluding hydrogens is 174 g/mol. The third-order valence-corrected chi connectivity index (χ3v) is 3.95. The molecule has 3 unspecified atom stereocenters. The average molecular weight is 193 g/mol. The van der Waals surface area contributed by atoms with Gasteiger partial charge in [0.25, 0.3) is 0 Å². The zero-order valence-electron chi connectivity index (χ0n) is 9.34. The van der Waals surface area contributed by atoms with Crippen molar-refractivity contribution in [3.63, 3.8) is 0 Å². The van der Waals surface area contributed by atoms with Gasteiger partial charge in [-0.1, -0.05) is 27.2 Å². The lowest BCUT2D eigenvalue weighted by molar-refractivity contribution is -0.126. The molecule has 0 aromatic rings. The summed E-state index contributed by atoms with van der Waals surface area (Å²) >= 11 is 0. The van der Waals surface area contributed by atoms with Crippen LogP contribution in [-0.2, 0) is 4.79 Å². The molecule has 3 atom stereocenters. The highest BCUT2D eigenvalue weighted by Gasteiger charge is 2.47. The molecule has 2 heteroatoms. The zero-order valence-corrected chi connectivity index (χ0v) is 9.34. The van der Waals surface area contributed by atoms with Gasteiger partial charge in [-0.15, -0.1) is 0 Å². The molecule has 2 nitrogen and oxygen atoms in total. The van der Waals surface area contributed by atoms with Crippen LogP contribution in [0.4, 0.5) is 0 Å². The topological polar surface area (TPSA) is 40.9 Å². The summed E-state index contributed by atoms with van der Waals surface area (Å²) in [5.74, 6) is 0.831. The van der Waals surface area contributed by atoms with Crippen LogP contribution < -0.4 is 0 Å². The molecule has 0 aromatic carbocycles. The summed E-state index contributed by atoms with van der Waals surface area (Å²) in [6, 6.07) is 2.29. The fourth-order valence-electron chi connectivity index (χ4n) is 2.43. The molecule has 1 saturated carbocycles. The monoisotopic (exact) mass is 193 g/mol. The first-order chi connectivity index (χ1) is 6.58. The Kier molecular flexibility index (Phi) is 3.31. The summed E-state index contributed by atoms with van der Waals surface area (Å²) in [6.45, 7) is 6.31. The van der Waals surface area contributed by atoms with Crippen LogP contribution in [-0.4, -0.2) is 5.78 Å². The lowest BCUT2D eigenvalue weighted by atomic mass is 9.69. The van der Waals surface area contributed by atoms with Crippen LogP contribution in [0, 0.1) is 28.6 Å². The van der Waals surface area contributed by atoms with Crippen LogP contribution in [0.5, 0.6) is 0 Å². The molecule has 0 bridgehead atoms. The van der Waals surface area contributed by atoms with Crippen molar-refractivity contribution in [3.8, 4) is 6.07 Å². The number of hydrogen-bond acceptors (Lipinski definition) is 2. The molecule has 0 spiro atoms. The average Bonchev–Trinajstić information content (AvgIpc) is 2.58. The predicted octanol–water partition coefficient (Wildman–Crippen LogP) is 2.93. The normalized spacial score (nSPS) is 31.1. The van der Waals surface area contributed by atoms with E-state index in [2.05, 4.69) is 26.8 Å². The summed E-state index contributed by atoms with van der Waals surface area (Å²) in [4.78, 5) is 11.8. The lowest BCUT2D eigenvalue weighted by Gasteiger charge is -2.31. The Morgan fingerprint density at radius 3 is 2.57 bits per heavy atom. The zero-order chi connectivity index (χ0) is 10.8. The highest BCUT2D eigenvalue weighted by atomic mass is 16.1. The smallest absolute Gasteiger partial charge is 0.153 e. The Balaban J connectivity index is 2.91. The molecule has 0 N–H and O–H groups in total. The second-order valence-corrected chi connectivity index (χ2v) is 4.53.